The van der Waals surface area contributed by atoms with E-state index in [1.54, 1.807) is 0 Å². The molecule has 4 heteroatoms. The molecule has 0 saturated carbocycles. The van der Waals surface area contributed by atoms with E-state index in [0.717, 1.165) is 0 Å². The quantitative estimate of drug-likeness (QED) is 0.398. The lowest BCUT2D eigenvalue weighted by molar-refractivity contribution is -0.124. The molecule has 58 valence electrons. The Morgan fingerprint density at radius 2 is 2.00 bits per heavy atom. The summed E-state index contributed by atoms with van der Waals surface area (Å²) in [6.07, 6.45) is 0.224. The van der Waals surface area contributed by atoms with Gasteiger partial charge in [-0.3, -0.25) is 14.9 Å². The third-order valence-corrected chi connectivity index (χ3v) is 1.36. The fraction of sp³-hybridized carbons (Fsp3) is 0.667. The van der Waals surface area contributed by atoms with Gasteiger partial charge in [-0.25, -0.2) is 0 Å². The van der Waals surface area contributed by atoms with Gasteiger partial charge in [-0.2, -0.15) is 12.6 Å². The Balaban J connectivity index is 0.000000371. The fourth-order valence-electron chi connectivity index (χ4n) is 0.540. The summed E-state index contributed by atoms with van der Waals surface area (Å²) in [5.41, 5.74) is 0. The maximum atomic E-state index is 10.4. The van der Waals surface area contributed by atoms with Gasteiger partial charge in [0.1, 0.15) is 0 Å². The van der Waals surface area contributed by atoms with Crippen LogP contribution in [0, 0.1) is 0 Å². The van der Waals surface area contributed by atoms with E-state index in [2.05, 4.69) is 17.9 Å². The van der Waals surface area contributed by atoms with Crippen LogP contribution in [0.2, 0.25) is 0 Å². The van der Waals surface area contributed by atoms with Crippen molar-refractivity contribution < 1.29 is 9.59 Å². The van der Waals surface area contributed by atoms with E-state index in [-0.39, 0.29) is 18.2 Å². The number of rotatable bonds is 0. The second-order valence-electron chi connectivity index (χ2n) is 1.63. The van der Waals surface area contributed by atoms with Gasteiger partial charge in [0.25, 0.3) is 0 Å². The summed E-state index contributed by atoms with van der Waals surface area (Å²) >= 11 is 3.81. The third-order valence-electron chi connectivity index (χ3n) is 0.944. The zero-order valence-electron chi connectivity index (χ0n) is 6.05. The molecule has 0 aromatic rings. The molecule has 1 heterocycles. The summed E-state index contributed by atoms with van der Waals surface area (Å²) in [5, 5.41) is 1.70. The highest BCUT2D eigenvalue weighted by Crippen LogP contribution is 2.06. The lowest BCUT2D eigenvalue weighted by Gasteiger charge is -1.87. The Kier molecular flexibility index (Phi) is 4.11. The Morgan fingerprint density at radius 3 is 2.10 bits per heavy atom. The van der Waals surface area contributed by atoms with Gasteiger partial charge in [0.2, 0.25) is 11.8 Å². The molecule has 3 nitrogen and oxygen atoms in total. The van der Waals surface area contributed by atoms with Crippen LogP contribution in [0.4, 0.5) is 0 Å². The molecule has 1 rings (SSSR count). The normalized spacial score (nSPS) is 23.3. The van der Waals surface area contributed by atoms with Crippen LogP contribution in [0.3, 0.4) is 0 Å². The maximum Gasteiger partial charge on any atom is 0.239 e. The van der Waals surface area contributed by atoms with Gasteiger partial charge in [0, 0.05) is 6.42 Å². The maximum absolute atomic E-state index is 10.4. The molecule has 0 aromatic heterocycles. The summed E-state index contributed by atoms with van der Waals surface area (Å²) in [6, 6.07) is 0. The third kappa shape index (κ3) is 2.39. The number of amides is 2. The molecule has 1 fully saturated rings. The molecular formula is C6H11NO2S. The van der Waals surface area contributed by atoms with E-state index in [0.29, 0.717) is 0 Å². The van der Waals surface area contributed by atoms with Crippen molar-refractivity contribution in [3.63, 3.8) is 0 Å². The number of carbonyl (C=O) groups is 2. The van der Waals surface area contributed by atoms with Crippen molar-refractivity contribution in [1.29, 1.82) is 0 Å². The summed E-state index contributed by atoms with van der Waals surface area (Å²) < 4.78 is 0. The van der Waals surface area contributed by atoms with Crippen LogP contribution in [0.25, 0.3) is 0 Å². The zero-order chi connectivity index (χ0) is 8.15. The average molecular weight is 161 g/mol. The van der Waals surface area contributed by atoms with Gasteiger partial charge in [-0.05, 0) is 0 Å². The van der Waals surface area contributed by atoms with Crippen molar-refractivity contribution in [1.82, 2.24) is 5.32 Å². The highest BCUT2D eigenvalue weighted by Gasteiger charge is 2.26. The van der Waals surface area contributed by atoms with Gasteiger partial charge in [0.15, 0.2) is 0 Å². The molecule has 2 amide bonds. The number of thiol groups is 1. The number of imide groups is 1. The van der Waals surface area contributed by atoms with Crippen LogP contribution in [0.1, 0.15) is 20.3 Å². The van der Waals surface area contributed by atoms with Crippen molar-refractivity contribution in [2.75, 3.05) is 0 Å². The molecule has 0 radical (unpaired) electrons. The average Bonchev–Trinajstić information content (AvgIpc) is 2.16. The first-order valence-corrected chi connectivity index (χ1v) is 3.73. The van der Waals surface area contributed by atoms with Crippen molar-refractivity contribution in [2.24, 2.45) is 0 Å². The topological polar surface area (TPSA) is 46.2 Å². The number of carbonyl (C=O) groups excluding carboxylic acids is 2. The molecule has 10 heavy (non-hydrogen) atoms. The smallest absolute Gasteiger partial charge is 0.239 e. The molecule has 0 spiro atoms. The predicted molar refractivity (Wildman–Crippen MR) is 41.9 cm³/mol. The molecule has 1 N–H and O–H groups in total. The number of hydrogen-bond acceptors (Lipinski definition) is 3. The summed E-state index contributed by atoms with van der Waals surface area (Å²) in [5.74, 6) is -0.506. The first kappa shape index (κ1) is 9.49. The van der Waals surface area contributed by atoms with E-state index in [4.69, 9.17) is 0 Å². The Morgan fingerprint density at radius 1 is 1.50 bits per heavy atom. The Hall–Kier alpha value is -0.510. The van der Waals surface area contributed by atoms with Crippen molar-refractivity contribution >= 4 is 24.4 Å². The molecule has 1 aliphatic rings. The van der Waals surface area contributed by atoms with Crippen molar-refractivity contribution in [2.45, 2.75) is 25.5 Å². The second-order valence-corrected chi connectivity index (χ2v) is 2.26. The lowest BCUT2D eigenvalue weighted by Crippen LogP contribution is -2.21. The van der Waals surface area contributed by atoms with Gasteiger partial charge in [-0.1, -0.05) is 13.8 Å². The van der Waals surface area contributed by atoms with Crippen LogP contribution < -0.4 is 5.32 Å². The monoisotopic (exact) mass is 161 g/mol. The number of hydrogen-bond donors (Lipinski definition) is 2. The highest BCUT2D eigenvalue weighted by atomic mass is 32.1. The fourth-order valence-corrected chi connectivity index (χ4v) is 0.770. The van der Waals surface area contributed by atoms with E-state index < -0.39 is 5.25 Å². The standard InChI is InChI=1S/C4H5NO2S.C2H6/c6-3-1-2(8)4(7)5-3;1-2/h2,8H,1H2,(H,5,6,7);1-2H3. The lowest BCUT2D eigenvalue weighted by atomic mass is 10.4. The van der Waals surface area contributed by atoms with Gasteiger partial charge >= 0.3 is 0 Å². The van der Waals surface area contributed by atoms with Crippen LogP contribution in [-0.4, -0.2) is 17.1 Å². The minimum atomic E-state index is -0.414. The van der Waals surface area contributed by atoms with E-state index in [9.17, 15) is 9.59 Å². The van der Waals surface area contributed by atoms with E-state index in [1.807, 2.05) is 13.8 Å². The van der Waals surface area contributed by atoms with Gasteiger partial charge < -0.3 is 0 Å². The SMILES string of the molecule is CC.O=C1CC(S)C(=O)N1. The molecule has 1 atom stereocenters. The summed E-state index contributed by atoms with van der Waals surface area (Å²) in [4.78, 5) is 20.7. The highest BCUT2D eigenvalue weighted by molar-refractivity contribution is 7.81. The molecule has 1 unspecified atom stereocenters. The summed E-state index contributed by atoms with van der Waals surface area (Å²) in [6.45, 7) is 4.00. The molecular weight excluding hydrogens is 150 g/mol. The van der Waals surface area contributed by atoms with E-state index >= 15 is 0 Å². The molecule has 0 bridgehead atoms. The first-order chi connectivity index (χ1) is 4.70. The Labute approximate surface area is 65.6 Å². The molecule has 0 aliphatic carbocycles. The predicted octanol–water partition coefficient (Wildman–Crippen LogP) is 0.358. The largest absolute Gasteiger partial charge is 0.295 e. The molecule has 1 saturated heterocycles. The van der Waals surface area contributed by atoms with E-state index in [1.165, 1.54) is 0 Å². The first-order valence-electron chi connectivity index (χ1n) is 3.22. The Bertz CT molecular complexity index is 147. The second kappa shape index (κ2) is 4.33. The van der Waals surface area contributed by atoms with Crippen LogP contribution in [0.5, 0.6) is 0 Å². The molecule has 1 aliphatic heterocycles. The van der Waals surface area contributed by atoms with Crippen LogP contribution >= 0.6 is 12.6 Å². The van der Waals surface area contributed by atoms with Gasteiger partial charge in [0.05, 0.1) is 5.25 Å². The number of nitrogens with one attached hydrogen (secondary N) is 1. The van der Waals surface area contributed by atoms with Crippen LogP contribution in [0.15, 0.2) is 0 Å². The zero-order valence-corrected chi connectivity index (χ0v) is 6.94. The van der Waals surface area contributed by atoms with Crippen molar-refractivity contribution in [3.8, 4) is 0 Å². The van der Waals surface area contributed by atoms with Gasteiger partial charge in [-0.15, -0.1) is 0 Å². The minimum Gasteiger partial charge on any atom is -0.295 e. The molecule has 0 aromatic carbocycles. The summed E-state index contributed by atoms with van der Waals surface area (Å²) in [7, 11) is 0. The van der Waals surface area contributed by atoms with Crippen molar-refractivity contribution in [3.05, 3.63) is 0 Å². The van der Waals surface area contributed by atoms with Crippen LogP contribution in [-0.2, 0) is 9.59 Å². The minimum absolute atomic E-state index is 0.224.